The molecule has 0 spiro atoms. The Kier molecular flexibility index (Phi) is 5.26. The number of rotatable bonds is 4. The molecule has 1 aliphatic heterocycles. The Morgan fingerprint density at radius 1 is 1.15 bits per heavy atom. The molecule has 0 unspecified atom stereocenters. The fourth-order valence-corrected chi connectivity index (χ4v) is 3.38. The number of carbonyl (C=O) groups excluding carboxylic acids is 1. The van der Waals surface area contributed by atoms with Crippen molar-refractivity contribution in [3.05, 3.63) is 59.2 Å². The Morgan fingerprint density at radius 2 is 1.88 bits per heavy atom. The van der Waals surface area contributed by atoms with Crippen LogP contribution in [0.1, 0.15) is 46.0 Å². The van der Waals surface area contributed by atoms with E-state index in [9.17, 15) is 14.7 Å². The number of anilines is 2. The predicted octanol–water partition coefficient (Wildman–Crippen LogP) is 4.18. The van der Waals surface area contributed by atoms with Crippen molar-refractivity contribution in [1.82, 2.24) is 0 Å². The summed E-state index contributed by atoms with van der Waals surface area (Å²) in [6.07, 6.45) is 2.23. The summed E-state index contributed by atoms with van der Waals surface area (Å²) in [5, 5.41) is 12.4. The minimum atomic E-state index is -0.982. The zero-order valence-electron chi connectivity index (χ0n) is 15.2. The molecule has 0 saturated carbocycles. The van der Waals surface area contributed by atoms with E-state index in [0.29, 0.717) is 17.2 Å². The number of hydrogen-bond acceptors (Lipinski definition) is 3. The van der Waals surface area contributed by atoms with E-state index in [-0.39, 0.29) is 11.5 Å². The van der Waals surface area contributed by atoms with Crippen molar-refractivity contribution >= 4 is 23.3 Å². The van der Waals surface area contributed by atoms with Gasteiger partial charge in [0, 0.05) is 24.3 Å². The molecule has 1 amide bonds. The van der Waals surface area contributed by atoms with Crippen LogP contribution in [0.5, 0.6) is 0 Å². The maximum atomic E-state index is 12.4. The lowest BCUT2D eigenvalue weighted by Gasteiger charge is -2.33. The van der Waals surface area contributed by atoms with Gasteiger partial charge in [-0.2, -0.15) is 0 Å². The lowest BCUT2D eigenvalue weighted by atomic mass is 9.98. The lowest BCUT2D eigenvalue weighted by molar-refractivity contribution is 0.0697. The number of amides is 1. The van der Waals surface area contributed by atoms with Gasteiger partial charge in [-0.25, -0.2) is 4.79 Å². The zero-order valence-corrected chi connectivity index (χ0v) is 15.2. The first-order valence-corrected chi connectivity index (χ1v) is 8.94. The maximum absolute atomic E-state index is 12.4. The standard InChI is InChI=1S/C21H24N2O3/c1-14-5-7-16(8-6-14)20(24)22-17-9-10-19(18(12-17)21(25)26)23-11-3-4-15(2)13-23/h5-10,12,15H,3-4,11,13H2,1-2H3,(H,22,24)(H,25,26)/t15-/m0/s1. The Bertz CT molecular complexity index is 815. The van der Waals surface area contributed by atoms with Gasteiger partial charge in [0.05, 0.1) is 11.3 Å². The second-order valence-electron chi connectivity index (χ2n) is 7.05. The molecule has 136 valence electrons. The van der Waals surface area contributed by atoms with Gasteiger partial charge in [0.15, 0.2) is 0 Å². The van der Waals surface area contributed by atoms with Crippen molar-refractivity contribution in [2.24, 2.45) is 5.92 Å². The molecule has 2 aromatic rings. The van der Waals surface area contributed by atoms with Crippen molar-refractivity contribution in [1.29, 1.82) is 0 Å². The molecule has 1 aliphatic rings. The van der Waals surface area contributed by atoms with Crippen molar-refractivity contribution in [3.63, 3.8) is 0 Å². The normalized spacial score (nSPS) is 17.0. The number of hydrogen-bond donors (Lipinski definition) is 2. The summed E-state index contributed by atoms with van der Waals surface area (Å²) in [5.41, 5.74) is 3.05. The van der Waals surface area contributed by atoms with Crippen molar-refractivity contribution in [2.75, 3.05) is 23.3 Å². The van der Waals surface area contributed by atoms with Gasteiger partial charge in [-0.15, -0.1) is 0 Å². The Balaban J connectivity index is 1.83. The van der Waals surface area contributed by atoms with E-state index in [1.54, 1.807) is 30.3 Å². The highest BCUT2D eigenvalue weighted by Gasteiger charge is 2.22. The van der Waals surface area contributed by atoms with Crippen LogP contribution in [0.3, 0.4) is 0 Å². The first kappa shape index (κ1) is 18.0. The number of nitrogens with one attached hydrogen (secondary N) is 1. The lowest BCUT2D eigenvalue weighted by Crippen LogP contribution is -2.35. The summed E-state index contributed by atoms with van der Waals surface area (Å²) in [4.78, 5) is 26.2. The van der Waals surface area contributed by atoms with Crippen LogP contribution in [0, 0.1) is 12.8 Å². The number of carboxylic acids is 1. The fourth-order valence-electron chi connectivity index (χ4n) is 3.38. The smallest absolute Gasteiger partial charge is 0.337 e. The number of aromatic carboxylic acids is 1. The van der Waals surface area contributed by atoms with E-state index in [4.69, 9.17) is 0 Å². The Hall–Kier alpha value is -2.82. The van der Waals surface area contributed by atoms with Gasteiger partial charge >= 0.3 is 5.97 Å². The van der Waals surface area contributed by atoms with Crippen LogP contribution >= 0.6 is 0 Å². The molecule has 1 fully saturated rings. The minimum Gasteiger partial charge on any atom is -0.478 e. The molecule has 3 rings (SSSR count). The van der Waals surface area contributed by atoms with Gasteiger partial charge in [0.2, 0.25) is 0 Å². The highest BCUT2D eigenvalue weighted by molar-refractivity contribution is 6.05. The quantitative estimate of drug-likeness (QED) is 0.866. The number of piperidine rings is 1. The molecular weight excluding hydrogens is 328 g/mol. The number of carbonyl (C=O) groups is 2. The van der Waals surface area contributed by atoms with Crippen LogP contribution in [0.15, 0.2) is 42.5 Å². The SMILES string of the molecule is Cc1ccc(C(=O)Nc2ccc(N3CCC[C@H](C)C3)c(C(=O)O)c2)cc1. The maximum Gasteiger partial charge on any atom is 0.337 e. The van der Waals surface area contributed by atoms with E-state index in [0.717, 1.165) is 30.8 Å². The van der Waals surface area contributed by atoms with Crippen LogP contribution in [0.4, 0.5) is 11.4 Å². The molecule has 2 N–H and O–H groups in total. The highest BCUT2D eigenvalue weighted by atomic mass is 16.4. The van der Waals surface area contributed by atoms with Crippen LogP contribution in [-0.4, -0.2) is 30.1 Å². The molecule has 0 radical (unpaired) electrons. The summed E-state index contributed by atoms with van der Waals surface area (Å²) in [7, 11) is 0. The summed E-state index contributed by atoms with van der Waals surface area (Å²) < 4.78 is 0. The number of benzene rings is 2. The van der Waals surface area contributed by atoms with Crippen LogP contribution in [0.25, 0.3) is 0 Å². The summed E-state index contributed by atoms with van der Waals surface area (Å²) in [5.74, 6) is -0.684. The average molecular weight is 352 g/mol. The van der Waals surface area contributed by atoms with E-state index >= 15 is 0 Å². The molecule has 26 heavy (non-hydrogen) atoms. The van der Waals surface area contributed by atoms with Crippen molar-refractivity contribution < 1.29 is 14.7 Å². The van der Waals surface area contributed by atoms with Gasteiger partial charge in [-0.05, 0) is 56.0 Å². The average Bonchev–Trinajstić information content (AvgIpc) is 2.62. The van der Waals surface area contributed by atoms with Crippen LogP contribution in [0.2, 0.25) is 0 Å². The van der Waals surface area contributed by atoms with Crippen molar-refractivity contribution in [3.8, 4) is 0 Å². The second-order valence-corrected chi connectivity index (χ2v) is 7.05. The number of nitrogens with zero attached hydrogens (tertiary/aromatic N) is 1. The fraction of sp³-hybridized carbons (Fsp3) is 0.333. The molecule has 5 nitrogen and oxygen atoms in total. The van der Waals surface area contributed by atoms with Gasteiger partial charge in [0.1, 0.15) is 0 Å². The van der Waals surface area contributed by atoms with Gasteiger partial charge in [-0.1, -0.05) is 24.6 Å². The topological polar surface area (TPSA) is 69.6 Å². The Morgan fingerprint density at radius 3 is 2.54 bits per heavy atom. The van der Waals surface area contributed by atoms with E-state index in [1.807, 2.05) is 19.1 Å². The van der Waals surface area contributed by atoms with Gasteiger partial charge in [0.25, 0.3) is 5.91 Å². The monoisotopic (exact) mass is 352 g/mol. The first-order chi connectivity index (χ1) is 12.4. The molecule has 1 heterocycles. The third-order valence-electron chi connectivity index (χ3n) is 4.80. The summed E-state index contributed by atoms with van der Waals surface area (Å²) in [6.45, 7) is 5.86. The minimum absolute atomic E-state index is 0.223. The molecule has 0 aromatic heterocycles. The van der Waals surface area contributed by atoms with Crippen molar-refractivity contribution in [2.45, 2.75) is 26.7 Å². The molecule has 1 saturated heterocycles. The van der Waals surface area contributed by atoms with Gasteiger partial charge < -0.3 is 15.3 Å². The highest BCUT2D eigenvalue weighted by Crippen LogP contribution is 2.29. The number of carboxylic acid groups (broad SMARTS) is 1. The molecule has 5 heteroatoms. The van der Waals surface area contributed by atoms with Gasteiger partial charge in [-0.3, -0.25) is 4.79 Å². The summed E-state index contributed by atoms with van der Waals surface area (Å²) in [6, 6.07) is 12.4. The van der Waals surface area contributed by atoms with E-state index in [2.05, 4.69) is 17.1 Å². The third kappa shape index (κ3) is 4.04. The molecule has 0 bridgehead atoms. The number of aryl methyl sites for hydroxylation is 1. The summed E-state index contributed by atoms with van der Waals surface area (Å²) >= 11 is 0. The molecule has 0 aliphatic carbocycles. The van der Waals surface area contributed by atoms with E-state index in [1.165, 1.54) is 6.42 Å². The second kappa shape index (κ2) is 7.60. The third-order valence-corrected chi connectivity index (χ3v) is 4.80. The van der Waals surface area contributed by atoms with Crippen LogP contribution < -0.4 is 10.2 Å². The molecular formula is C21H24N2O3. The first-order valence-electron chi connectivity index (χ1n) is 8.94. The molecule has 2 aromatic carbocycles. The zero-order chi connectivity index (χ0) is 18.7. The van der Waals surface area contributed by atoms with Crippen LogP contribution in [-0.2, 0) is 0 Å². The predicted molar refractivity (Wildman–Crippen MR) is 103 cm³/mol. The largest absolute Gasteiger partial charge is 0.478 e. The van der Waals surface area contributed by atoms with E-state index < -0.39 is 5.97 Å². The molecule has 1 atom stereocenters. The Labute approximate surface area is 153 Å².